The molecule has 2 aromatic heterocycles. The number of amides is 1. The summed E-state index contributed by atoms with van der Waals surface area (Å²) in [4.78, 5) is 37.4. The van der Waals surface area contributed by atoms with E-state index in [2.05, 4.69) is 20.3 Å². The summed E-state index contributed by atoms with van der Waals surface area (Å²) in [7, 11) is 3.55. The fraction of sp³-hybridized carbons (Fsp3) is 0.167. The second-order valence-corrected chi connectivity index (χ2v) is 8.16. The number of hydrogen-bond acceptors (Lipinski definition) is 5. The second-order valence-electron chi connectivity index (χ2n) is 7.81. The topological polar surface area (TPSA) is 111 Å². The number of halogens is 1. The third-order valence-corrected chi connectivity index (χ3v) is 5.44. The van der Waals surface area contributed by atoms with Crippen LogP contribution in [0, 0.1) is 0 Å². The van der Waals surface area contributed by atoms with Gasteiger partial charge in [0.2, 0.25) is 0 Å². The predicted octanol–water partition coefficient (Wildman–Crippen LogP) is 4.15. The monoisotopic (exact) mass is 463 g/mol. The Labute approximate surface area is 195 Å². The molecule has 8 nitrogen and oxygen atoms in total. The van der Waals surface area contributed by atoms with Gasteiger partial charge < -0.3 is 20.3 Å². The van der Waals surface area contributed by atoms with Crippen LogP contribution < -0.4 is 10.2 Å². The van der Waals surface area contributed by atoms with Crippen LogP contribution in [0.25, 0.3) is 10.9 Å². The van der Waals surface area contributed by atoms with Crippen molar-refractivity contribution >= 4 is 45.9 Å². The number of nitrogens with one attached hydrogen (secondary N) is 2. The highest BCUT2D eigenvalue weighted by atomic mass is 35.5. The molecule has 1 amide bonds. The molecule has 0 unspecified atom stereocenters. The highest BCUT2D eigenvalue weighted by Gasteiger charge is 2.18. The SMILES string of the molecule is CN(C)c1nc(Cc2ccc(NC(=O)c3ccc4cc[nH]c4c3)cc2)nc(Cl)c1CC(=O)O. The van der Waals surface area contributed by atoms with Gasteiger partial charge >= 0.3 is 5.97 Å². The minimum atomic E-state index is -0.998. The fourth-order valence-corrected chi connectivity index (χ4v) is 3.77. The number of anilines is 2. The normalized spacial score (nSPS) is 10.9. The number of carbonyl (C=O) groups excluding carboxylic acids is 1. The third kappa shape index (κ3) is 5.12. The maximum absolute atomic E-state index is 12.6. The summed E-state index contributed by atoms with van der Waals surface area (Å²) in [6, 6.07) is 14.8. The molecule has 3 N–H and O–H groups in total. The van der Waals surface area contributed by atoms with Gasteiger partial charge in [0.1, 0.15) is 16.8 Å². The molecule has 4 rings (SSSR count). The number of carbonyl (C=O) groups is 2. The first-order valence-electron chi connectivity index (χ1n) is 10.2. The molecule has 0 spiro atoms. The smallest absolute Gasteiger partial charge is 0.308 e. The second kappa shape index (κ2) is 9.30. The Morgan fingerprint density at radius 3 is 2.55 bits per heavy atom. The molecule has 0 aliphatic heterocycles. The highest BCUT2D eigenvalue weighted by Crippen LogP contribution is 2.25. The summed E-state index contributed by atoms with van der Waals surface area (Å²) in [6.07, 6.45) is 1.99. The largest absolute Gasteiger partial charge is 0.481 e. The number of fused-ring (bicyclic) bond motifs is 1. The summed E-state index contributed by atoms with van der Waals surface area (Å²) in [5, 5.41) is 13.2. The van der Waals surface area contributed by atoms with Crippen molar-refractivity contribution in [2.75, 3.05) is 24.3 Å². The van der Waals surface area contributed by atoms with E-state index in [1.54, 1.807) is 25.1 Å². The molecule has 168 valence electrons. The van der Waals surface area contributed by atoms with Crippen LogP contribution in [0.2, 0.25) is 5.15 Å². The Hall–Kier alpha value is -3.91. The van der Waals surface area contributed by atoms with Crippen LogP contribution >= 0.6 is 11.6 Å². The molecule has 0 aliphatic carbocycles. The van der Waals surface area contributed by atoms with Gasteiger partial charge in [0.05, 0.1) is 6.42 Å². The highest BCUT2D eigenvalue weighted by molar-refractivity contribution is 6.30. The number of nitrogens with zero attached hydrogens (tertiary/aromatic N) is 3. The van der Waals surface area contributed by atoms with Crippen LogP contribution in [0.4, 0.5) is 11.5 Å². The van der Waals surface area contributed by atoms with Crippen molar-refractivity contribution in [3.05, 3.63) is 82.4 Å². The number of aromatic nitrogens is 3. The lowest BCUT2D eigenvalue weighted by atomic mass is 10.1. The van der Waals surface area contributed by atoms with Crippen molar-refractivity contribution in [2.24, 2.45) is 0 Å². The quantitative estimate of drug-likeness (QED) is 0.355. The number of aromatic amines is 1. The summed E-state index contributed by atoms with van der Waals surface area (Å²) < 4.78 is 0. The van der Waals surface area contributed by atoms with E-state index in [4.69, 9.17) is 16.7 Å². The molecular weight excluding hydrogens is 442 g/mol. The minimum absolute atomic E-state index is 0.133. The molecule has 0 saturated carbocycles. The average Bonchev–Trinajstić information content (AvgIpc) is 3.24. The van der Waals surface area contributed by atoms with Crippen LogP contribution in [-0.2, 0) is 17.6 Å². The lowest BCUT2D eigenvalue weighted by molar-refractivity contribution is -0.136. The number of rotatable bonds is 7. The van der Waals surface area contributed by atoms with Crippen molar-refractivity contribution in [3.8, 4) is 0 Å². The lowest BCUT2D eigenvalue weighted by Gasteiger charge is -2.17. The summed E-state index contributed by atoms with van der Waals surface area (Å²) in [5.41, 5.74) is 3.44. The molecule has 2 aromatic carbocycles. The maximum Gasteiger partial charge on any atom is 0.308 e. The van der Waals surface area contributed by atoms with E-state index in [1.165, 1.54) is 0 Å². The van der Waals surface area contributed by atoms with Crippen molar-refractivity contribution < 1.29 is 14.7 Å². The van der Waals surface area contributed by atoms with Gasteiger partial charge in [-0.05, 0) is 41.3 Å². The van der Waals surface area contributed by atoms with Crippen LogP contribution in [0.3, 0.4) is 0 Å². The van der Waals surface area contributed by atoms with Crippen molar-refractivity contribution in [1.29, 1.82) is 0 Å². The standard InChI is InChI=1S/C24H22ClN5O3/c1-30(2)23-18(13-21(31)32)22(25)28-20(29-23)11-14-3-7-17(8-4-14)27-24(33)16-6-5-15-9-10-26-19(15)12-16/h3-10,12,26H,11,13H2,1-2H3,(H,27,33)(H,31,32). The van der Waals surface area contributed by atoms with Crippen molar-refractivity contribution in [2.45, 2.75) is 12.8 Å². The number of H-pyrrole nitrogens is 1. The van der Waals surface area contributed by atoms with E-state index >= 15 is 0 Å². The molecule has 0 radical (unpaired) electrons. The summed E-state index contributed by atoms with van der Waals surface area (Å²) in [6.45, 7) is 0. The van der Waals surface area contributed by atoms with E-state index in [0.717, 1.165) is 16.5 Å². The van der Waals surface area contributed by atoms with Gasteiger partial charge in [0.15, 0.2) is 0 Å². The molecule has 0 aliphatic rings. The third-order valence-electron chi connectivity index (χ3n) is 5.12. The van der Waals surface area contributed by atoms with Crippen LogP contribution in [0.5, 0.6) is 0 Å². The number of benzene rings is 2. The fourth-order valence-electron chi connectivity index (χ4n) is 3.52. The number of hydrogen-bond donors (Lipinski definition) is 3. The average molecular weight is 464 g/mol. The lowest BCUT2D eigenvalue weighted by Crippen LogP contribution is -2.18. The molecule has 33 heavy (non-hydrogen) atoms. The Morgan fingerprint density at radius 2 is 1.85 bits per heavy atom. The Bertz CT molecular complexity index is 1330. The minimum Gasteiger partial charge on any atom is -0.481 e. The van der Waals surface area contributed by atoms with E-state index in [0.29, 0.717) is 34.9 Å². The molecule has 0 atom stereocenters. The first-order valence-corrected chi connectivity index (χ1v) is 10.6. The van der Waals surface area contributed by atoms with Gasteiger partial charge in [-0.25, -0.2) is 9.97 Å². The molecule has 9 heteroatoms. The van der Waals surface area contributed by atoms with Gasteiger partial charge in [0, 0.05) is 49.0 Å². The molecule has 0 saturated heterocycles. The van der Waals surface area contributed by atoms with Gasteiger partial charge in [0.25, 0.3) is 5.91 Å². The van der Waals surface area contributed by atoms with E-state index in [9.17, 15) is 9.59 Å². The first kappa shape index (κ1) is 22.3. The summed E-state index contributed by atoms with van der Waals surface area (Å²) in [5.74, 6) is -0.231. The Balaban J connectivity index is 1.48. The number of aliphatic carboxylic acids is 1. The zero-order valence-corrected chi connectivity index (χ0v) is 18.8. The van der Waals surface area contributed by atoms with E-state index in [1.807, 2.05) is 48.7 Å². The van der Waals surface area contributed by atoms with E-state index in [-0.39, 0.29) is 17.5 Å². The zero-order valence-electron chi connectivity index (χ0n) is 18.1. The zero-order chi connectivity index (χ0) is 23.5. The van der Waals surface area contributed by atoms with Crippen LogP contribution in [0.15, 0.2) is 54.7 Å². The molecule has 4 aromatic rings. The van der Waals surface area contributed by atoms with Crippen molar-refractivity contribution in [3.63, 3.8) is 0 Å². The van der Waals surface area contributed by atoms with Gasteiger partial charge in [-0.1, -0.05) is 29.8 Å². The molecular formula is C24H22ClN5O3. The maximum atomic E-state index is 12.6. The molecule has 2 heterocycles. The predicted molar refractivity (Wildman–Crippen MR) is 128 cm³/mol. The Morgan fingerprint density at radius 1 is 1.09 bits per heavy atom. The first-order chi connectivity index (χ1) is 15.8. The van der Waals surface area contributed by atoms with Crippen LogP contribution in [0.1, 0.15) is 27.3 Å². The summed E-state index contributed by atoms with van der Waals surface area (Å²) >= 11 is 6.27. The van der Waals surface area contributed by atoms with E-state index < -0.39 is 5.97 Å². The molecule has 0 fully saturated rings. The van der Waals surface area contributed by atoms with Gasteiger partial charge in [-0.15, -0.1) is 0 Å². The number of carboxylic acids is 1. The number of carboxylic acid groups (broad SMARTS) is 1. The van der Waals surface area contributed by atoms with Crippen molar-refractivity contribution in [1.82, 2.24) is 15.0 Å². The van der Waals surface area contributed by atoms with Gasteiger partial charge in [-0.2, -0.15) is 0 Å². The van der Waals surface area contributed by atoms with Gasteiger partial charge in [-0.3, -0.25) is 9.59 Å². The van der Waals surface area contributed by atoms with Crippen LogP contribution in [-0.4, -0.2) is 46.0 Å². The molecule has 0 bridgehead atoms. The Kier molecular flexibility index (Phi) is 6.28.